The third-order valence-electron chi connectivity index (χ3n) is 7.22. The average Bonchev–Trinajstić information content (AvgIpc) is 2.80. The van der Waals surface area contributed by atoms with Crippen molar-refractivity contribution >= 4 is 6.03 Å². The molecule has 222 valence electrons. The molecule has 1 heterocycles. The molecule has 0 spiro atoms. The van der Waals surface area contributed by atoms with Crippen LogP contribution in [0.3, 0.4) is 0 Å². The molecular weight excluding hydrogens is 560 g/mol. The highest BCUT2D eigenvalue weighted by molar-refractivity contribution is 5.76. The molecule has 14 heteroatoms. The molecule has 0 radical (unpaired) electrons. The first-order chi connectivity index (χ1) is 18.1. The van der Waals surface area contributed by atoms with Gasteiger partial charge in [-0.15, -0.1) is 0 Å². The van der Waals surface area contributed by atoms with Crippen molar-refractivity contribution in [1.82, 2.24) is 9.80 Å². The summed E-state index contributed by atoms with van der Waals surface area (Å²) in [5.74, 6) is -1.65. The molecule has 0 aromatic heterocycles. The lowest BCUT2D eigenvalue weighted by Gasteiger charge is -2.49. The smallest absolute Gasteiger partial charge is 0.321 e. The van der Waals surface area contributed by atoms with Gasteiger partial charge in [0, 0.05) is 20.0 Å². The Hall–Kier alpha value is -3.03. The van der Waals surface area contributed by atoms with E-state index in [0.717, 1.165) is 29.0 Å². The SMILES string of the molecule is Cc1cc(F)ccc1[C@@]1(N)CC(CC(F)(F)F)CCN1C(=O)N(C)[C@H](C)c1cc(C(F)(F)F)cc(C(F)(F)F)c1. The van der Waals surface area contributed by atoms with Crippen LogP contribution in [0.25, 0.3) is 0 Å². The minimum Gasteiger partial charge on any atom is -0.321 e. The first kappa shape index (κ1) is 31.5. The Morgan fingerprint density at radius 1 is 1.02 bits per heavy atom. The Balaban J connectivity index is 2.03. The maximum atomic E-state index is 13.8. The van der Waals surface area contributed by atoms with Crippen molar-refractivity contribution in [2.24, 2.45) is 11.7 Å². The van der Waals surface area contributed by atoms with Crippen LogP contribution in [0.4, 0.5) is 48.7 Å². The fourth-order valence-corrected chi connectivity index (χ4v) is 5.10. The number of alkyl halides is 9. The molecule has 1 saturated heterocycles. The summed E-state index contributed by atoms with van der Waals surface area (Å²) < 4.78 is 134. The van der Waals surface area contributed by atoms with Gasteiger partial charge in [-0.1, -0.05) is 6.07 Å². The average molecular weight is 588 g/mol. The standard InChI is InChI=1S/C26H27F10N3O/c1-14-8-20(27)4-5-21(14)23(37)12-16(13-24(28,29)30)6-7-39(23)22(40)38(3)15(2)17-9-18(25(31,32)33)11-19(10-17)26(34,35)36/h4-5,8-11,15-16H,6-7,12-13,37H2,1-3H3/t15-,16?,23-/m1/s1. The number of hydrogen-bond acceptors (Lipinski definition) is 2. The van der Waals surface area contributed by atoms with E-state index in [-0.39, 0.29) is 36.6 Å². The van der Waals surface area contributed by atoms with Gasteiger partial charge < -0.3 is 15.5 Å². The molecule has 3 atom stereocenters. The van der Waals surface area contributed by atoms with Crippen molar-refractivity contribution in [1.29, 1.82) is 0 Å². The minimum atomic E-state index is -5.11. The van der Waals surface area contributed by atoms with Gasteiger partial charge in [0.15, 0.2) is 0 Å². The third kappa shape index (κ3) is 6.81. The summed E-state index contributed by atoms with van der Waals surface area (Å²) in [4.78, 5) is 15.6. The predicted octanol–water partition coefficient (Wildman–Crippen LogP) is 7.76. The largest absolute Gasteiger partial charge is 0.416 e. The molecule has 0 aliphatic carbocycles. The Bertz CT molecular complexity index is 1210. The highest BCUT2D eigenvalue weighted by Gasteiger charge is 2.48. The van der Waals surface area contributed by atoms with Crippen LogP contribution in [0.15, 0.2) is 36.4 Å². The number of rotatable bonds is 4. The number of amides is 2. The zero-order valence-corrected chi connectivity index (χ0v) is 21.6. The second kappa shape index (κ2) is 10.7. The molecule has 2 N–H and O–H groups in total. The molecule has 1 aliphatic heterocycles. The molecule has 0 saturated carbocycles. The van der Waals surface area contributed by atoms with Gasteiger partial charge in [0.25, 0.3) is 0 Å². The van der Waals surface area contributed by atoms with E-state index in [9.17, 15) is 48.7 Å². The fraction of sp³-hybridized carbons (Fsp3) is 0.500. The molecule has 1 unspecified atom stereocenters. The van der Waals surface area contributed by atoms with E-state index in [1.54, 1.807) is 0 Å². The number of nitrogens with two attached hydrogens (primary N) is 1. The third-order valence-corrected chi connectivity index (χ3v) is 7.22. The first-order valence-electron chi connectivity index (χ1n) is 12.1. The van der Waals surface area contributed by atoms with E-state index in [0.29, 0.717) is 12.1 Å². The molecule has 0 bridgehead atoms. The molecule has 1 aliphatic rings. The number of piperidine rings is 1. The number of likely N-dealkylation sites (tertiary alicyclic amines) is 1. The van der Waals surface area contributed by atoms with Gasteiger partial charge in [-0.05, 0) is 79.6 Å². The topological polar surface area (TPSA) is 49.6 Å². The van der Waals surface area contributed by atoms with Crippen molar-refractivity contribution in [3.63, 3.8) is 0 Å². The van der Waals surface area contributed by atoms with Crippen LogP contribution in [0.5, 0.6) is 0 Å². The number of benzene rings is 2. The van der Waals surface area contributed by atoms with E-state index in [1.165, 1.54) is 19.9 Å². The zero-order valence-electron chi connectivity index (χ0n) is 21.6. The van der Waals surface area contributed by atoms with Crippen molar-refractivity contribution in [3.8, 4) is 0 Å². The summed E-state index contributed by atoms with van der Waals surface area (Å²) in [6.07, 6.45) is -16.4. The van der Waals surface area contributed by atoms with Gasteiger partial charge in [-0.3, -0.25) is 0 Å². The van der Waals surface area contributed by atoms with Gasteiger partial charge in [0.2, 0.25) is 0 Å². The molecule has 2 amide bonds. The molecule has 40 heavy (non-hydrogen) atoms. The van der Waals surface area contributed by atoms with Crippen LogP contribution in [0, 0.1) is 18.7 Å². The monoisotopic (exact) mass is 587 g/mol. The van der Waals surface area contributed by atoms with E-state index in [1.807, 2.05) is 0 Å². The van der Waals surface area contributed by atoms with Crippen LogP contribution >= 0.6 is 0 Å². The van der Waals surface area contributed by atoms with E-state index < -0.39 is 71.1 Å². The Kier molecular flexibility index (Phi) is 8.46. The second-order valence-electron chi connectivity index (χ2n) is 10.1. The number of carbonyl (C=O) groups is 1. The predicted molar refractivity (Wildman–Crippen MR) is 125 cm³/mol. The number of hydrogen-bond donors (Lipinski definition) is 1. The molecule has 4 nitrogen and oxygen atoms in total. The Morgan fingerprint density at radius 2 is 1.57 bits per heavy atom. The normalized spacial score (nSPS) is 21.4. The van der Waals surface area contributed by atoms with Gasteiger partial charge in [-0.2, -0.15) is 39.5 Å². The maximum absolute atomic E-state index is 13.8. The summed E-state index contributed by atoms with van der Waals surface area (Å²) in [5, 5.41) is 0. The van der Waals surface area contributed by atoms with Crippen molar-refractivity contribution < 1.29 is 48.7 Å². The minimum absolute atomic E-state index is 0.0360. The van der Waals surface area contributed by atoms with Gasteiger partial charge in [-0.25, -0.2) is 9.18 Å². The molecule has 3 rings (SSSR count). The molecule has 2 aromatic rings. The van der Waals surface area contributed by atoms with Crippen molar-refractivity contribution in [2.45, 2.75) is 63.3 Å². The lowest BCUT2D eigenvalue weighted by Crippen LogP contribution is -2.62. The summed E-state index contributed by atoms with van der Waals surface area (Å²) in [6.45, 7) is 2.38. The second-order valence-corrected chi connectivity index (χ2v) is 10.1. The fourth-order valence-electron chi connectivity index (χ4n) is 5.10. The number of urea groups is 1. The summed E-state index contributed by atoms with van der Waals surface area (Å²) in [5.41, 5.74) is 1.56. The number of carbonyl (C=O) groups excluding carboxylic acids is 1. The Labute approximate surface area is 223 Å². The van der Waals surface area contributed by atoms with Gasteiger partial charge in [0.05, 0.1) is 17.2 Å². The van der Waals surface area contributed by atoms with Crippen LogP contribution in [-0.4, -0.2) is 35.6 Å². The van der Waals surface area contributed by atoms with Crippen LogP contribution < -0.4 is 5.73 Å². The van der Waals surface area contributed by atoms with Crippen LogP contribution in [-0.2, 0) is 18.0 Å². The zero-order chi connectivity index (χ0) is 30.4. The summed E-state index contributed by atoms with van der Waals surface area (Å²) in [6, 6.07) is 2.06. The van der Waals surface area contributed by atoms with Crippen LogP contribution in [0.1, 0.15) is 60.0 Å². The Morgan fingerprint density at radius 3 is 2.05 bits per heavy atom. The summed E-state index contributed by atoms with van der Waals surface area (Å²) in [7, 11) is 1.14. The van der Waals surface area contributed by atoms with Crippen LogP contribution in [0.2, 0.25) is 0 Å². The quantitative estimate of drug-likeness (QED) is 0.372. The highest BCUT2D eigenvalue weighted by atomic mass is 19.4. The molecule has 1 fully saturated rings. The number of nitrogens with zero attached hydrogens (tertiary/aromatic N) is 2. The van der Waals surface area contributed by atoms with E-state index in [2.05, 4.69) is 0 Å². The van der Waals surface area contributed by atoms with Gasteiger partial charge in [0.1, 0.15) is 11.5 Å². The van der Waals surface area contributed by atoms with Crippen molar-refractivity contribution in [2.75, 3.05) is 13.6 Å². The lowest BCUT2D eigenvalue weighted by atomic mass is 9.79. The van der Waals surface area contributed by atoms with Crippen molar-refractivity contribution in [3.05, 3.63) is 70.0 Å². The number of aryl methyl sites for hydroxylation is 1. The molecular formula is C26H27F10N3O. The van der Waals surface area contributed by atoms with E-state index >= 15 is 0 Å². The molecule has 2 aromatic carbocycles. The first-order valence-corrected chi connectivity index (χ1v) is 12.1. The highest BCUT2D eigenvalue weighted by Crippen LogP contribution is 2.43. The summed E-state index contributed by atoms with van der Waals surface area (Å²) >= 11 is 0. The van der Waals surface area contributed by atoms with E-state index in [4.69, 9.17) is 5.73 Å². The number of halogens is 10. The lowest BCUT2D eigenvalue weighted by molar-refractivity contribution is -0.151. The maximum Gasteiger partial charge on any atom is 0.416 e. The van der Waals surface area contributed by atoms with Gasteiger partial charge >= 0.3 is 24.6 Å².